The van der Waals surface area contributed by atoms with Crippen molar-refractivity contribution in [3.05, 3.63) is 42.0 Å². The molecule has 1 aliphatic carbocycles. The SMILES string of the molecule is COc1cc(NS(=O)(=O)c2ccccc2OC2COC2)cc2c1NC(=O)C21CCCC1. The molecule has 9 heteroatoms. The number of rotatable bonds is 6. The van der Waals surface area contributed by atoms with Gasteiger partial charge in [-0.1, -0.05) is 25.0 Å². The lowest BCUT2D eigenvalue weighted by molar-refractivity contribution is -0.120. The molecule has 2 heterocycles. The summed E-state index contributed by atoms with van der Waals surface area (Å²) in [4.78, 5) is 12.8. The van der Waals surface area contributed by atoms with Gasteiger partial charge in [0.05, 0.1) is 37.1 Å². The fourth-order valence-corrected chi connectivity index (χ4v) is 5.79. The van der Waals surface area contributed by atoms with Crippen LogP contribution in [0.1, 0.15) is 31.2 Å². The van der Waals surface area contributed by atoms with Crippen LogP contribution in [0.4, 0.5) is 11.4 Å². The number of benzene rings is 2. The van der Waals surface area contributed by atoms with Crippen LogP contribution in [0.3, 0.4) is 0 Å². The number of ether oxygens (including phenoxy) is 3. The molecule has 2 aromatic rings. The Morgan fingerprint density at radius 3 is 2.55 bits per heavy atom. The molecule has 0 radical (unpaired) electrons. The summed E-state index contributed by atoms with van der Waals surface area (Å²) < 4.78 is 45.5. The molecule has 3 aliphatic rings. The van der Waals surface area contributed by atoms with Crippen molar-refractivity contribution in [1.82, 2.24) is 0 Å². The number of hydrogen-bond donors (Lipinski definition) is 2. The molecule has 2 aliphatic heterocycles. The minimum atomic E-state index is -3.94. The zero-order chi connectivity index (χ0) is 21.6. The molecular formula is C22H24N2O6S. The number of methoxy groups -OCH3 is 1. The van der Waals surface area contributed by atoms with Crippen LogP contribution in [0.5, 0.6) is 11.5 Å². The number of para-hydroxylation sites is 1. The largest absolute Gasteiger partial charge is 0.494 e. The van der Waals surface area contributed by atoms with E-state index in [1.54, 1.807) is 30.3 Å². The third-order valence-corrected chi connectivity index (χ3v) is 7.68. The first-order valence-corrected chi connectivity index (χ1v) is 11.8. The summed E-state index contributed by atoms with van der Waals surface area (Å²) in [5.74, 6) is 0.670. The van der Waals surface area contributed by atoms with Crippen molar-refractivity contribution in [2.24, 2.45) is 0 Å². The van der Waals surface area contributed by atoms with Crippen molar-refractivity contribution >= 4 is 27.3 Å². The van der Waals surface area contributed by atoms with Crippen molar-refractivity contribution in [2.75, 3.05) is 30.4 Å². The maximum atomic E-state index is 13.2. The van der Waals surface area contributed by atoms with Crippen LogP contribution in [-0.4, -0.2) is 40.8 Å². The Bertz CT molecular complexity index is 1140. The minimum Gasteiger partial charge on any atom is -0.494 e. The second-order valence-corrected chi connectivity index (χ2v) is 9.82. The monoisotopic (exact) mass is 444 g/mol. The second-order valence-electron chi connectivity index (χ2n) is 8.17. The molecule has 2 fully saturated rings. The number of fused-ring (bicyclic) bond motifs is 2. The Labute approximate surface area is 180 Å². The lowest BCUT2D eigenvalue weighted by atomic mass is 9.80. The van der Waals surface area contributed by atoms with Crippen LogP contribution in [-0.2, 0) is 25.0 Å². The van der Waals surface area contributed by atoms with Gasteiger partial charge >= 0.3 is 0 Å². The number of anilines is 2. The molecule has 8 nitrogen and oxygen atoms in total. The molecule has 1 spiro atoms. The molecule has 1 saturated heterocycles. The zero-order valence-electron chi connectivity index (χ0n) is 17.1. The molecule has 31 heavy (non-hydrogen) atoms. The summed E-state index contributed by atoms with van der Waals surface area (Å²) in [5, 5.41) is 2.94. The van der Waals surface area contributed by atoms with Crippen molar-refractivity contribution in [3.63, 3.8) is 0 Å². The molecule has 1 amide bonds. The first-order chi connectivity index (χ1) is 14.9. The second kappa shape index (κ2) is 7.42. The van der Waals surface area contributed by atoms with E-state index in [2.05, 4.69) is 10.0 Å². The average molecular weight is 445 g/mol. The number of carbonyl (C=O) groups is 1. The molecule has 0 unspecified atom stereocenters. The summed E-state index contributed by atoms with van der Waals surface area (Å²) >= 11 is 0. The summed E-state index contributed by atoms with van der Waals surface area (Å²) in [6, 6.07) is 9.86. The van der Waals surface area contributed by atoms with Gasteiger partial charge in [0.15, 0.2) is 0 Å². The van der Waals surface area contributed by atoms with E-state index in [9.17, 15) is 13.2 Å². The lowest BCUT2D eigenvalue weighted by Gasteiger charge is -2.27. The lowest BCUT2D eigenvalue weighted by Crippen LogP contribution is -2.38. The Morgan fingerprint density at radius 2 is 1.87 bits per heavy atom. The highest BCUT2D eigenvalue weighted by Gasteiger charge is 2.49. The van der Waals surface area contributed by atoms with Crippen LogP contribution in [0.15, 0.2) is 41.3 Å². The molecule has 0 aromatic heterocycles. The van der Waals surface area contributed by atoms with Gasteiger partial charge in [-0.15, -0.1) is 0 Å². The quantitative estimate of drug-likeness (QED) is 0.710. The fourth-order valence-electron chi connectivity index (χ4n) is 4.61. The van der Waals surface area contributed by atoms with E-state index in [1.807, 2.05) is 0 Å². The molecule has 1 saturated carbocycles. The van der Waals surface area contributed by atoms with E-state index >= 15 is 0 Å². The van der Waals surface area contributed by atoms with Crippen LogP contribution in [0.25, 0.3) is 0 Å². The highest BCUT2D eigenvalue weighted by Crippen LogP contribution is 2.52. The van der Waals surface area contributed by atoms with Crippen molar-refractivity contribution < 1.29 is 27.4 Å². The normalized spacial score (nSPS) is 19.6. The van der Waals surface area contributed by atoms with E-state index in [-0.39, 0.29) is 22.7 Å². The van der Waals surface area contributed by atoms with Crippen molar-refractivity contribution in [2.45, 2.75) is 42.1 Å². The number of hydrogen-bond acceptors (Lipinski definition) is 6. The summed E-state index contributed by atoms with van der Waals surface area (Å²) in [5.41, 5.74) is 1.16. The van der Waals surface area contributed by atoms with Crippen LogP contribution < -0.4 is 19.5 Å². The number of nitrogens with one attached hydrogen (secondary N) is 2. The first kappa shape index (κ1) is 20.1. The van der Waals surface area contributed by atoms with E-state index in [4.69, 9.17) is 14.2 Å². The molecule has 2 N–H and O–H groups in total. The topological polar surface area (TPSA) is 103 Å². The standard InChI is InChI=1S/C22H24N2O6S/c1-28-18-11-14(10-16-20(18)23-21(25)22(16)8-4-5-9-22)24-31(26,27)19-7-3-2-6-17(19)30-15-12-29-13-15/h2-3,6-7,10-11,15,24H,4-5,8-9,12-13H2,1H3,(H,23,25). The Kier molecular flexibility index (Phi) is 4.82. The number of sulfonamides is 1. The predicted octanol–water partition coefficient (Wildman–Crippen LogP) is 3.04. The molecule has 164 valence electrons. The van der Waals surface area contributed by atoms with E-state index in [0.717, 1.165) is 31.2 Å². The third-order valence-electron chi connectivity index (χ3n) is 6.26. The molecule has 0 bridgehead atoms. The maximum Gasteiger partial charge on any atom is 0.265 e. The summed E-state index contributed by atoms with van der Waals surface area (Å²) in [6.07, 6.45) is 3.24. The van der Waals surface area contributed by atoms with Crippen molar-refractivity contribution in [1.29, 1.82) is 0 Å². The van der Waals surface area contributed by atoms with Gasteiger partial charge in [0.2, 0.25) is 5.91 Å². The van der Waals surface area contributed by atoms with Gasteiger partial charge in [-0.05, 0) is 36.6 Å². The van der Waals surface area contributed by atoms with Crippen LogP contribution in [0.2, 0.25) is 0 Å². The highest BCUT2D eigenvalue weighted by atomic mass is 32.2. The molecule has 5 rings (SSSR count). The molecule has 2 aromatic carbocycles. The predicted molar refractivity (Wildman–Crippen MR) is 114 cm³/mol. The zero-order valence-corrected chi connectivity index (χ0v) is 18.0. The van der Waals surface area contributed by atoms with E-state index in [1.165, 1.54) is 13.2 Å². The summed E-state index contributed by atoms with van der Waals surface area (Å²) in [7, 11) is -2.44. The number of amides is 1. The highest BCUT2D eigenvalue weighted by molar-refractivity contribution is 7.92. The van der Waals surface area contributed by atoms with Crippen molar-refractivity contribution in [3.8, 4) is 11.5 Å². The van der Waals surface area contributed by atoms with Gasteiger partial charge in [-0.2, -0.15) is 0 Å². The smallest absolute Gasteiger partial charge is 0.265 e. The Morgan fingerprint density at radius 1 is 1.13 bits per heavy atom. The van der Waals surface area contributed by atoms with Crippen LogP contribution in [0, 0.1) is 0 Å². The van der Waals surface area contributed by atoms with Crippen LogP contribution >= 0.6 is 0 Å². The third kappa shape index (κ3) is 3.32. The average Bonchev–Trinajstić information content (AvgIpc) is 3.32. The van der Waals surface area contributed by atoms with Gasteiger partial charge in [-0.25, -0.2) is 8.42 Å². The number of carbonyl (C=O) groups excluding carboxylic acids is 1. The van der Waals surface area contributed by atoms with Gasteiger partial charge in [0.1, 0.15) is 22.5 Å². The van der Waals surface area contributed by atoms with Gasteiger partial charge < -0.3 is 19.5 Å². The maximum absolute atomic E-state index is 13.2. The Hall–Kier alpha value is -2.78. The Balaban J connectivity index is 1.51. The molecule has 0 atom stereocenters. The van der Waals surface area contributed by atoms with Gasteiger partial charge in [-0.3, -0.25) is 9.52 Å². The first-order valence-electron chi connectivity index (χ1n) is 10.3. The fraction of sp³-hybridized carbons (Fsp3) is 0.409. The molecular weight excluding hydrogens is 420 g/mol. The van der Waals surface area contributed by atoms with Gasteiger partial charge in [0.25, 0.3) is 10.0 Å². The van der Waals surface area contributed by atoms with Gasteiger partial charge in [0, 0.05) is 6.07 Å². The van der Waals surface area contributed by atoms with E-state index in [0.29, 0.717) is 30.3 Å². The minimum absolute atomic E-state index is 0.0419. The summed E-state index contributed by atoms with van der Waals surface area (Å²) in [6.45, 7) is 0.875. The van der Waals surface area contributed by atoms with E-state index < -0.39 is 15.4 Å².